The van der Waals surface area contributed by atoms with Crippen LogP contribution in [0.1, 0.15) is 16.1 Å². The maximum absolute atomic E-state index is 11.7. The Labute approximate surface area is 100.0 Å². The van der Waals surface area contributed by atoms with Crippen molar-refractivity contribution in [2.75, 3.05) is 31.5 Å². The van der Waals surface area contributed by atoms with Gasteiger partial charge in [-0.25, -0.2) is 4.79 Å². The van der Waals surface area contributed by atoms with Gasteiger partial charge in [-0.3, -0.25) is 10.1 Å². The van der Waals surface area contributed by atoms with Crippen molar-refractivity contribution in [1.29, 1.82) is 0 Å². The monoisotopic (exact) mass is 241 g/mol. The molecular weight excluding hydrogens is 226 g/mol. The Hall–Kier alpha value is -1.56. The predicted molar refractivity (Wildman–Crippen MR) is 67.9 cm³/mol. The first-order valence-electron chi connectivity index (χ1n) is 4.70. The Balaban J connectivity index is 3.31. The van der Waals surface area contributed by atoms with E-state index in [2.05, 4.69) is 5.43 Å². The van der Waals surface area contributed by atoms with Crippen LogP contribution in [0.15, 0.2) is 6.20 Å². The van der Waals surface area contributed by atoms with Crippen molar-refractivity contribution in [2.24, 2.45) is 0 Å². The van der Waals surface area contributed by atoms with Gasteiger partial charge in [0.25, 0.3) is 0 Å². The maximum atomic E-state index is 11.7. The molecule has 16 heavy (non-hydrogen) atoms. The van der Waals surface area contributed by atoms with Crippen molar-refractivity contribution in [3.05, 3.63) is 17.5 Å². The second-order valence-electron chi connectivity index (χ2n) is 3.48. The van der Waals surface area contributed by atoms with Gasteiger partial charge in [-0.1, -0.05) is 12.2 Å². The molecule has 0 saturated heterocycles. The number of thiocarbonyl (C=S) groups is 1. The van der Waals surface area contributed by atoms with Crippen LogP contribution in [0.3, 0.4) is 0 Å². The minimum atomic E-state index is -0.355. The molecule has 0 fully saturated rings. The van der Waals surface area contributed by atoms with E-state index in [0.29, 0.717) is 5.56 Å². The number of methoxy groups -OCH3 is 1. The van der Waals surface area contributed by atoms with Gasteiger partial charge in [-0.05, 0) is 6.92 Å². The number of nitrogens with zero attached hydrogens (tertiary/aromatic N) is 2. The van der Waals surface area contributed by atoms with Crippen LogP contribution in [0, 0.1) is 6.92 Å². The highest BCUT2D eigenvalue weighted by molar-refractivity contribution is 7.79. The summed E-state index contributed by atoms with van der Waals surface area (Å²) in [6.07, 6.45) is 1.80. The number of hydrogen-bond donors (Lipinski definition) is 1. The van der Waals surface area contributed by atoms with Crippen molar-refractivity contribution in [3.8, 4) is 0 Å². The van der Waals surface area contributed by atoms with E-state index in [1.165, 1.54) is 12.6 Å². The molecule has 5 nitrogen and oxygen atoms in total. The summed E-state index contributed by atoms with van der Waals surface area (Å²) >= 11 is 4.72. The number of nitrogens with one attached hydrogen (secondary N) is 1. The summed E-state index contributed by atoms with van der Waals surface area (Å²) in [6.45, 7) is 1.82. The zero-order chi connectivity index (χ0) is 12.3. The summed E-state index contributed by atoms with van der Waals surface area (Å²) < 4.78 is 6.45. The van der Waals surface area contributed by atoms with E-state index in [-0.39, 0.29) is 5.97 Å². The minimum Gasteiger partial charge on any atom is -0.465 e. The van der Waals surface area contributed by atoms with Crippen molar-refractivity contribution in [2.45, 2.75) is 6.92 Å². The lowest BCUT2D eigenvalue weighted by atomic mass is 10.2. The molecule has 0 atom stereocenters. The average Bonchev–Trinajstić information content (AvgIpc) is 2.56. The zero-order valence-electron chi connectivity index (χ0n) is 9.77. The average molecular weight is 241 g/mol. The van der Waals surface area contributed by atoms with Crippen LogP contribution in [0.4, 0.5) is 5.69 Å². The number of rotatable bonds is 4. The van der Waals surface area contributed by atoms with Gasteiger partial charge in [0.2, 0.25) is 0 Å². The molecule has 0 spiro atoms. The Morgan fingerprint density at radius 1 is 1.62 bits per heavy atom. The molecule has 0 amide bonds. The molecule has 1 N–H and O–H groups in total. The second-order valence-corrected chi connectivity index (χ2v) is 3.71. The molecule has 0 aliphatic heterocycles. The second kappa shape index (κ2) is 4.98. The zero-order valence-corrected chi connectivity index (χ0v) is 10.6. The highest BCUT2D eigenvalue weighted by atomic mass is 32.1. The molecule has 1 aromatic heterocycles. The number of aromatic nitrogens is 1. The molecule has 0 unspecified atom stereocenters. The third-order valence-electron chi connectivity index (χ3n) is 2.29. The third-order valence-corrected chi connectivity index (χ3v) is 2.40. The molecule has 1 heterocycles. The highest BCUT2D eigenvalue weighted by Gasteiger charge is 2.21. The number of esters is 1. The Kier molecular flexibility index (Phi) is 3.89. The van der Waals surface area contributed by atoms with E-state index in [1.54, 1.807) is 10.9 Å². The van der Waals surface area contributed by atoms with Crippen molar-refractivity contribution in [3.63, 3.8) is 0 Å². The molecule has 88 valence electrons. The number of carbonyl (C=O) groups excluding carboxylic acids is 1. The van der Waals surface area contributed by atoms with Crippen LogP contribution in [0.2, 0.25) is 0 Å². The molecule has 1 rings (SSSR count). The Morgan fingerprint density at radius 3 is 2.69 bits per heavy atom. The first-order valence-corrected chi connectivity index (χ1v) is 5.17. The van der Waals surface area contributed by atoms with Gasteiger partial charge in [0.1, 0.15) is 5.56 Å². The topological polar surface area (TPSA) is 46.5 Å². The molecule has 0 bridgehead atoms. The predicted octanol–water partition coefficient (Wildman–Crippen LogP) is 1.15. The van der Waals surface area contributed by atoms with Gasteiger partial charge >= 0.3 is 5.97 Å². The molecule has 0 radical (unpaired) electrons. The molecule has 6 heteroatoms. The number of anilines is 1. The van der Waals surface area contributed by atoms with Crippen molar-refractivity contribution >= 4 is 29.4 Å². The SMILES string of the molecule is COC(=O)c1c(N(C)C)cn(NC=S)c1C. The van der Waals surface area contributed by atoms with Gasteiger partial charge in [-0.2, -0.15) is 0 Å². The van der Waals surface area contributed by atoms with Crippen molar-refractivity contribution < 1.29 is 9.53 Å². The molecule has 0 aromatic carbocycles. The van der Waals surface area contributed by atoms with Crippen molar-refractivity contribution in [1.82, 2.24) is 4.68 Å². The summed E-state index contributed by atoms with van der Waals surface area (Å²) in [4.78, 5) is 13.5. The Morgan fingerprint density at radius 2 is 2.25 bits per heavy atom. The normalized spacial score (nSPS) is 9.75. The summed E-state index contributed by atoms with van der Waals surface area (Å²) in [5, 5.41) is 0. The molecule has 1 aromatic rings. The lowest BCUT2D eigenvalue weighted by Crippen LogP contribution is -2.14. The maximum Gasteiger partial charge on any atom is 0.341 e. The summed E-state index contributed by atoms with van der Waals surface area (Å²) in [6, 6.07) is 0. The van der Waals surface area contributed by atoms with E-state index < -0.39 is 0 Å². The fourth-order valence-corrected chi connectivity index (χ4v) is 1.59. The quantitative estimate of drug-likeness (QED) is 0.633. The van der Waals surface area contributed by atoms with Gasteiger partial charge in [0.15, 0.2) is 0 Å². The molecule has 0 saturated carbocycles. The van der Waals surface area contributed by atoms with Gasteiger partial charge in [0.05, 0.1) is 30.2 Å². The van der Waals surface area contributed by atoms with Gasteiger partial charge in [0, 0.05) is 14.1 Å². The van der Waals surface area contributed by atoms with E-state index in [1.807, 2.05) is 25.9 Å². The standard InChI is InChI=1S/C10H15N3O2S/c1-7-9(10(14)15-4)8(12(2)3)5-13(7)11-6-16/h5-6H,1-4H3,(H,11,16). The number of carbonyl (C=O) groups is 1. The van der Waals surface area contributed by atoms with Gasteiger partial charge < -0.3 is 9.64 Å². The van der Waals surface area contributed by atoms with E-state index >= 15 is 0 Å². The van der Waals surface area contributed by atoms with Crippen LogP contribution in [0.25, 0.3) is 0 Å². The third kappa shape index (κ3) is 2.16. The minimum absolute atomic E-state index is 0.355. The van der Waals surface area contributed by atoms with Crippen LogP contribution >= 0.6 is 12.2 Å². The number of hydrogen-bond acceptors (Lipinski definition) is 4. The lowest BCUT2D eigenvalue weighted by Gasteiger charge is -2.11. The van der Waals surface area contributed by atoms with E-state index in [9.17, 15) is 4.79 Å². The first-order chi connectivity index (χ1) is 7.52. The molecule has 0 aliphatic carbocycles. The lowest BCUT2D eigenvalue weighted by molar-refractivity contribution is 0.0600. The number of ether oxygens (including phenoxy) is 1. The van der Waals surface area contributed by atoms with E-state index in [0.717, 1.165) is 11.4 Å². The Bertz CT molecular complexity index is 412. The van der Waals surface area contributed by atoms with Crippen LogP contribution in [-0.2, 0) is 4.74 Å². The summed E-state index contributed by atoms with van der Waals surface area (Å²) in [7, 11) is 5.09. The van der Waals surface area contributed by atoms with Gasteiger partial charge in [-0.15, -0.1) is 0 Å². The smallest absolute Gasteiger partial charge is 0.341 e. The van der Waals surface area contributed by atoms with Crippen LogP contribution in [0.5, 0.6) is 0 Å². The fraction of sp³-hybridized carbons (Fsp3) is 0.400. The summed E-state index contributed by atoms with van der Waals surface area (Å²) in [5.41, 5.74) is 6.31. The summed E-state index contributed by atoms with van der Waals surface area (Å²) in [5.74, 6) is -0.355. The van der Waals surface area contributed by atoms with Crippen LogP contribution in [-0.4, -0.2) is 37.3 Å². The van der Waals surface area contributed by atoms with Crippen LogP contribution < -0.4 is 10.3 Å². The van der Waals surface area contributed by atoms with E-state index in [4.69, 9.17) is 17.0 Å². The fourth-order valence-electron chi connectivity index (χ4n) is 1.47. The first kappa shape index (κ1) is 12.5. The largest absolute Gasteiger partial charge is 0.465 e. The molecular formula is C10H15N3O2S. The molecule has 0 aliphatic rings. The highest BCUT2D eigenvalue weighted by Crippen LogP contribution is 2.24.